The number of carbonyl (C=O) groups excluding carboxylic acids is 2. The van der Waals surface area contributed by atoms with Crippen molar-refractivity contribution in [1.82, 2.24) is 0 Å². The summed E-state index contributed by atoms with van der Waals surface area (Å²) in [5, 5.41) is 10.4. The van der Waals surface area contributed by atoms with E-state index in [1.54, 1.807) is 19.1 Å². The van der Waals surface area contributed by atoms with E-state index >= 15 is 0 Å². The molecule has 2 aliphatic carbocycles. The number of hydrogen-bond donors (Lipinski definition) is 1. The standard InChI is InChI=1S/C30H32FNO7S/c1-3-25(34)27-23-14-22(18-6-7-18)24(15-26(23)39-28(27)19-8-10-20(31)11-9-19)32(40(2,37)38)17-21(33)16-30(29(35)36)12-4-5-13-30/h8-11,14-15,18H,3-7,12-13,16-17H2,1-2H3,(H,35,36). The van der Waals surface area contributed by atoms with Crippen LogP contribution < -0.4 is 4.31 Å². The van der Waals surface area contributed by atoms with Crippen LogP contribution in [-0.2, 0) is 19.6 Å². The summed E-state index contributed by atoms with van der Waals surface area (Å²) < 4.78 is 46.9. The Morgan fingerprint density at radius 3 is 2.30 bits per heavy atom. The number of halogens is 1. The third kappa shape index (κ3) is 5.29. The number of fused-ring (bicyclic) bond motifs is 1. The maximum absolute atomic E-state index is 13.6. The maximum Gasteiger partial charge on any atom is 0.310 e. The Morgan fingerprint density at radius 2 is 1.75 bits per heavy atom. The molecule has 0 unspecified atom stereocenters. The fraction of sp³-hybridized carbons (Fsp3) is 0.433. The van der Waals surface area contributed by atoms with E-state index in [0.717, 1.165) is 23.4 Å². The second-order valence-electron chi connectivity index (χ2n) is 11.0. The van der Waals surface area contributed by atoms with Crippen molar-refractivity contribution in [3.63, 3.8) is 0 Å². The molecular formula is C30H32FNO7S. The highest BCUT2D eigenvalue weighted by Crippen LogP contribution is 2.48. The van der Waals surface area contributed by atoms with Gasteiger partial charge in [-0.25, -0.2) is 12.8 Å². The minimum atomic E-state index is -3.95. The molecule has 40 heavy (non-hydrogen) atoms. The van der Waals surface area contributed by atoms with Crippen molar-refractivity contribution < 1.29 is 36.7 Å². The smallest absolute Gasteiger partial charge is 0.310 e. The van der Waals surface area contributed by atoms with Gasteiger partial charge in [0.15, 0.2) is 11.6 Å². The molecule has 2 aliphatic rings. The third-order valence-electron chi connectivity index (χ3n) is 8.10. The lowest BCUT2D eigenvalue weighted by Crippen LogP contribution is -2.39. The molecule has 5 rings (SSSR count). The molecule has 1 heterocycles. The van der Waals surface area contributed by atoms with Gasteiger partial charge in [-0.3, -0.25) is 18.7 Å². The fourth-order valence-electron chi connectivity index (χ4n) is 5.84. The number of nitrogens with zero attached hydrogens (tertiary/aromatic N) is 1. The molecule has 0 radical (unpaired) electrons. The molecule has 3 aromatic rings. The number of carboxylic acids is 1. The van der Waals surface area contributed by atoms with Crippen LogP contribution in [0.25, 0.3) is 22.3 Å². The summed E-state index contributed by atoms with van der Waals surface area (Å²) in [7, 11) is -3.95. The number of sulfonamides is 1. The lowest BCUT2D eigenvalue weighted by molar-refractivity contribution is -0.151. The molecule has 2 saturated carbocycles. The molecule has 0 aliphatic heterocycles. The van der Waals surface area contributed by atoms with Gasteiger partial charge in [0, 0.05) is 29.9 Å². The van der Waals surface area contributed by atoms with Gasteiger partial charge in [-0.15, -0.1) is 0 Å². The van der Waals surface area contributed by atoms with Crippen molar-refractivity contribution in [2.75, 3.05) is 17.1 Å². The van der Waals surface area contributed by atoms with Crippen LogP contribution in [0.1, 0.15) is 80.1 Å². The van der Waals surface area contributed by atoms with E-state index in [2.05, 4.69) is 0 Å². The number of Topliss-reactive ketones (excluding diaryl/α,β-unsaturated/α-hetero) is 2. The summed E-state index contributed by atoms with van der Waals surface area (Å²) in [6.45, 7) is 1.24. The first kappa shape index (κ1) is 28.0. The minimum Gasteiger partial charge on any atom is -0.481 e. The molecule has 2 fully saturated rings. The number of carboxylic acid groups (broad SMARTS) is 1. The molecule has 0 bridgehead atoms. The lowest BCUT2D eigenvalue weighted by Gasteiger charge is -2.27. The van der Waals surface area contributed by atoms with Crippen LogP contribution in [0.4, 0.5) is 10.1 Å². The van der Waals surface area contributed by atoms with Gasteiger partial charge in [0.05, 0.1) is 29.5 Å². The molecule has 10 heteroatoms. The molecule has 0 spiro atoms. The fourth-order valence-corrected chi connectivity index (χ4v) is 6.73. The molecule has 0 amide bonds. The SMILES string of the molecule is CCC(=O)c1c(-c2ccc(F)cc2)oc2cc(N(CC(=O)CC3(C(=O)O)CCCC3)S(C)(=O)=O)c(C3CC3)cc12. The Bertz CT molecular complexity index is 1600. The number of rotatable bonds is 11. The van der Waals surface area contributed by atoms with Crippen molar-refractivity contribution in [2.24, 2.45) is 5.41 Å². The van der Waals surface area contributed by atoms with E-state index in [0.29, 0.717) is 47.8 Å². The third-order valence-corrected chi connectivity index (χ3v) is 9.23. The number of anilines is 1. The Hall–Kier alpha value is -3.53. The first-order chi connectivity index (χ1) is 18.9. The van der Waals surface area contributed by atoms with Crippen LogP contribution in [0.15, 0.2) is 40.8 Å². The second-order valence-corrected chi connectivity index (χ2v) is 13.0. The Labute approximate surface area is 232 Å². The van der Waals surface area contributed by atoms with Crippen LogP contribution in [-0.4, -0.2) is 43.9 Å². The summed E-state index contributed by atoms with van der Waals surface area (Å²) in [5.41, 5.74) is 0.949. The van der Waals surface area contributed by atoms with Gasteiger partial charge in [0.2, 0.25) is 10.0 Å². The highest BCUT2D eigenvalue weighted by molar-refractivity contribution is 7.92. The number of carbonyl (C=O) groups is 3. The van der Waals surface area contributed by atoms with Gasteiger partial charge < -0.3 is 9.52 Å². The summed E-state index contributed by atoms with van der Waals surface area (Å²) in [6, 6.07) is 8.92. The summed E-state index contributed by atoms with van der Waals surface area (Å²) in [6.07, 6.45) is 4.84. The first-order valence-electron chi connectivity index (χ1n) is 13.6. The molecule has 8 nitrogen and oxygen atoms in total. The Morgan fingerprint density at radius 1 is 1.10 bits per heavy atom. The van der Waals surface area contributed by atoms with Gasteiger partial charge in [0.1, 0.15) is 17.2 Å². The van der Waals surface area contributed by atoms with Gasteiger partial charge in [-0.2, -0.15) is 0 Å². The predicted molar refractivity (Wildman–Crippen MR) is 149 cm³/mol. The topological polar surface area (TPSA) is 122 Å². The van der Waals surface area contributed by atoms with E-state index in [1.165, 1.54) is 24.3 Å². The van der Waals surface area contributed by atoms with Crippen LogP contribution in [0, 0.1) is 11.2 Å². The number of hydrogen-bond acceptors (Lipinski definition) is 6. The molecule has 212 valence electrons. The van der Waals surface area contributed by atoms with Gasteiger partial charge >= 0.3 is 5.97 Å². The number of ketones is 2. The maximum atomic E-state index is 13.6. The second kappa shape index (κ2) is 10.5. The average molecular weight is 570 g/mol. The van der Waals surface area contributed by atoms with Crippen molar-refractivity contribution in [3.05, 3.63) is 53.3 Å². The van der Waals surface area contributed by atoms with Crippen molar-refractivity contribution in [3.8, 4) is 11.3 Å². The average Bonchev–Trinajstić information content (AvgIpc) is 3.52. The normalized spacial score (nSPS) is 16.8. The quantitative estimate of drug-likeness (QED) is 0.278. The first-order valence-corrected chi connectivity index (χ1v) is 15.4. The zero-order valence-corrected chi connectivity index (χ0v) is 23.4. The summed E-state index contributed by atoms with van der Waals surface area (Å²) >= 11 is 0. The van der Waals surface area contributed by atoms with E-state index < -0.39 is 39.6 Å². The van der Waals surface area contributed by atoms with E-state index in [-0.39, 0.29) is 41.6 Å². The van der Waals surface area contributed by atoms with Crippen molar-refractivity contribution in [1.29, 1.82) is 0 Å². The number of benzene rings is 2. The molecule has 1 N–H and O–H groups in total. The highest BCUT2D eigenvalue weighted by Gasteiger charge is 2.43. The Balaban J connectivity index is 1.62. The largest absolute Gasteiger partial charge is 0.481 e. The summed E-state index contributed by atoms with van der Waals surface area (Å²) in [5.74, 6) is -1.78. The molecule has 1 aromatic heterocycles. The molecule has 0 saturated heterocycles. The van der Waals surface area contributed by atoms with Crippen LogP contribution >= 0.6 is 0 Å². The highest BCUT2D eigenvalue weighted by atomic mass is 32.2. The lowest BCUT2D eigenvalue weighted by atomic mass is 9.81. The molecule has 2 aromatic carbocycles. The number of aliphatic carboxylic acids is 1. The van der Waals surface area contributed by atoms with E-state index in [1.807, 2.05) is 0 Å². The van der Waals surface area contributed by atoms with E-state index in [9.17, 15) is 32.3 Å². The minimum absolute atomic E-state index is 0.0488. The monoisotopic (exact) mass is 569 g/mol. The zero-order valence-electron chi connectivity index (χ0n) is 22.5. The van der Waals surface area contributed by atoms with Crippen molar-refractivity contribution in [2.45, 2.75) is 64.2 Å². The summed E-state index contributed by atoms with van der Waals surface area (Å²) in [4.78, 5) is 38.3. The van der Waals surface area contributed by atoms with Crippen molar-refractivity contribution >= 4 is 44.2 Å². The van der Waals surface area contributed by atoms with Gasteiger partial charge in [-0.05, 0) is 67.5 Å². The van der Waals surface area contributed by atoms with Crippen LogP contribution in [0.2, 0.25) is 0 Å². The molecular weight excluding hydrogens is 537 g/mol. The molecule has 0 atom stereocenters. The number of furan rings is 1. The van der Waals surface area contributed by atoms with E-state index in [4.69, 9.17) is 4.42 Å². The van der Waals surface area contributed by atoms with Crippen LogP contribution in [0.3, 0.4) is 0 Å². The predicted octanol–water partition coefficient (Wildman–Crippen LogP) is 6.08. The van der Waals surface area contributed by atoms with Gasteiger partial charge in [0.25, 0.3) is 0 Å². The van der Waals surface area contributed by atoms with Gasteiger partial charge in [-0.1, -0.05) is 19.8 Å². The van der Waals surface area contributed by atoms with Crippen LogP contribution in [0.5, 0.6) is 0 Å². The zero-order chi connectivity index (χ0) is 28.8. The Kier molecular flexibility index (Phi) is 7.33.